The molecule has 0 atom stereocenters. The number of carbonyl (C=O) groups is 1. The van der Waals surface area contributed by atoms with Gasteiger partial charge in [-0.2, -0.15) is 0 Å². The Morgan fingerprint density at radius 3 is 2.42 bits per heavy atom. The number of unbranched alkanes of at least 4 members (excludes halogenated alkanes) is 3. The van der Waals surface area contributed by atoms with Crippen LogP contribution >= 0.6 is 0 Å². The third kappa shape index (κ3) is 8.94. The van der Waals surface area contributed by atoms with Gasteiger partial charge in [-0.05, 0) is 25.3 Å². The van der Waals surface area contributed by atoms with Crippen LogP contribution < -0.4 is 56.5 Å². The zero-order chi connectivity index (χ0) is 8.69. The van der Waals surface area contributed by atoms with E-state index in [9.17, 15) is 9.90 Å². The van der Waals surface area contributed by atoms with E-state index in [2.05, 4.69) is 6.92 Å². The molecule has 0 fully saturated rings. The van der Waals surface area contributed by atoms with Crippen molar-refractivity contribution in [3.8, 4) is 0 Å². The molecule has 0 N–H and O–H groups in total. The summed E-state index contributed by atoms with van der Waals surface area (Å²) in [6, 6.07) is 0. The molecule has 0 spiro atoms. The van der Waals surface area contributed by atoms with Crippen LogP contribution in [-0.4, -0.2) is 5.97 Å². The van der Waals surface area contributed by atoms with Crippen LogP contribution in [-0.2, 0) is 4.79 Å². The SMILES string of the molecule is CCCCCC=C(C)C(=O)[O-].[K+]. The first-order valence-corrected chi connectivity index (χ1v) is 4.06. The van der Waals surface area contributed by atoms with Gasteiger partial charge in [-0.1, -0.05) is 25.8 Å². The molecular weight excluding hydrogens is 179 g/mol. The molecule has 0 rings (SSSR count). The van der Waals surface area contributed by atoms with Crippen LogP contribution in [0.1, 0.15) is 39.5 Å². The van der Waals surface area contributed by atoms with Gasteiger partial charge in [0.05, 0.1) is 5.97 Å². The summed E-state index contributed by atoms with van der Waals surface area (Å²) in [4.78, 5) is 10.2. The Morgan fingerprint density at radius 1 is 1.42 bits per heavy atom. The number of aliphatic carboxylic acids is 1. The van der Waals surface area contributed by atoms with Gasteiger partial charge in [-0.3, -0.25) is 0 Å². The van der Waals surface area contributed by atoms with Gasteiger partial charge in [0.1, 0.15) is 0 Å². The molecule has 64 valence electrons. The maximum atomic E-state index is 10.2. The van der Waals surface area contributed by atoms with E-state index < -0.39 is 5.97 Å². The van der Waals surface area contributed by atoms with Crippen LogP contribution in [0.2, 0.25) is 0 Å². The average molecular weight is 194 g/mol. The molecule has 12 heavy (non-hydrogen) atoms. The zero-order valence-electron chi connectivity index (χ0n) is 8.22. The summed E-state index contributed by atoms with van der Waals surface area (Å²) in [5.74, 6) is -1.05. The predicted octanol–water partition coefficient (Wildman–Crippen LogP) is -1.73. The van der Waals surface area contributed by atoms with Crippen molar-refractivity contribution >= 4 is 5.97 Å². The predicted molar refractivity (Wildman–Crippen MR) is 42.9 cm³/mol. The molecule has 0 heterocycles. The maximum Gasteiger partial charge on any atom is 1.00 e. The number of carboxylic acids is 1. The number of hydrogen-bond acceptors (Lipinski definition) is 2. The van der Waals surface area contributed by atoms with Crippen molar-refractivity contribution in [1.82, 2.24) is 0 Å². The smallest absolute Gasteiger partial charge is 0.545 e. The monoisotopic (exact) mass is 194 g/mol. The Hall–Kier alpha value is 0.846. The van der Waals surface area contributed by atoms with Crippen molar-refractivity contribution in [2.75, 3.05) is 0 Å². The number of hydrogen-bond donors (Lipinski definition) is 0. The molecule has 0 saturated heterocycles. The summed E-state index contributed by atoms with van der Waals surface area (Å²) in [7, 11) is 0. The zero-order valence-corrected chi connectivity index (χ0v) is 11.3. The van der Waals surface area contributed by atoms with E-state index in [1.165, 1.54) is 0 Å². The maximum absolute atomic E-state index is 10.2. The second-order valence-electron chi connectivity index (χ2n) is 2.67. The van der Waals surface area contributed by atoms with Gasteiger partial charge in [-0.15, -0.1) is 0 Å². The van der Waals surface area contributed by atoms with Crippen molar-refractivity contribution in [3.05, 3.63) is 11.6 Å². The second-order valence-corrected chi connectivity index (χ2v) is 2.67. The van der Waals surface area contributed by atoms with Crippen LogP contribution in [0, 0.1) is 0 Å². The first-order chi connectivity index (χ1) is 5.18. The molecule has 0 aromatic carbocycles. The molecule has 0 aromatic heterocycles. The average Bonchev–Trinajstić information content (AvgIpc) is 1.97. The molecule has 3 heteroatoms. The number of carboxylic acid groups (broad SMARTS) is 1. The van der Waals surface area contributed by atoms with Crippen LogP contribution in [0.3, 0.4) is 0 Å². The van der Waals surface area contributed by atoms with Gasteiger partial charge in [0, 0.05) is 0 Å². The van der Waals surface area contributed by atoms with Gasteiger partial charge in [0.25, 0.3) is 0 Å². The Bertz CT molecular complexity index is 153. The molecule has 0 unspecified atom stereocenters. The Morgan fingerprint density at radius 2 is 2.00 bits per heavy atom. The molecule has 0 amide bonds. The van der Waals surface area contributed by atoms with Gasteiger partial charge in [0.2, 0.25) is 0 Å². The van der Waals surface area contributed by atoms with E-state index in [0.717, 1.165) is 25.7 Å². The molecule has 0 aromatic rings. The molecule has 0 bridgehead atoms. The van der Waals surface area contributed by atoms with Gasteiger partial charge in [0.15, 0.2) is 0 Å². The quantitative estimate of drug-likeness (QED) is 0.296. The minimum atomic E-state index is -1.05. The van der Waals surface area contributed by atoms with E-state index in [4.69, 9.17) is 0 Å². The van der Waals surface area contributed by atoms with Gasteiger partial charge in [-0.25, -0.2) is 0 Å². The van der Waals surface area contributed by atoms with E-state index in [-0.39, 0.29) is 51.4 Å². The number of allylic oxidation sites excluding steroid dienone is 1. The Labute approximate surface area is 117 Å². The van der Waals surface area contributed by atoms with Gasteiger partial charge < -0.3 is 9.90 Å². The molecule has 0 aliphatic heterocycles. The summed E-state index contributed by atoms with van der Waals surface area (Å²) >= 11 is 0. The van der Waals surface area contributed by atoms with Crippen LogP contribution in [0.15, 0.2) is 11.6 Å². The first kappa shape index (κ1) is 15.3. The minimum absolute atomic E-state index is 0. The van der Waals surface area contributed by atoms with E-state index >= 15 is 0 Å². The number of carbonyl (C=O) groups excluding carboxylic acids is 1. The molecule has 0 radical (unpaired) electrons. The summed E-state index contributed by atoms with van der Waals surface area (Å²) in [5.41, 5.74) is 0.348. The van der Waals surface area contributed by atoms with Crippen molar-refractivity contribution in [3.63, 3.8) is 0 Å². The first-order valence-electron chi connectivity index (χ1n) is 4.06. The molecule has 0 aliphatic carbocycles. The second kappa shape index (κ2) is 9.93. The molecule has 0 saturated carbocycles. The summed E-state index contributed by atoms with van der Waals surface area (Å²) in [6.07, 6.45) is 5.98. The summed E-state index contributed by atoms with van der Waals surface area (Å²) < 4.78 is 0. The van der Waals surface area contributed by atoms with Crippen molar-refractivity contribution in [2.24, 2.45) is 0 Å². The van der Waals surface area contributed by atoms with E-state index in [1.807, 2.05) is 0 Å². The van der Waals surface area contributed by atoms with Crippen molar-refractivity contribution in [1.29, 1.82) is 0 Å². The molecule has 0 aliphatic rings. The molecule has 2 nitrogen and oxygen atoms in total. The fourth-order valence-corrected chi connectivity index (χ4v) is 0.796. The fourth-order valence-electron chi connectivity index (χ4n) is 0.796. The van der Waals surface area contributed by atoms with Gasteiger partial charge >= 0.3 is 51.4 Å². The van der Waals surface area contributed by atoms with Crippen molar-refractivity contribution in [2.45, 2.75) is 39.5 Å². The van der Waals surface area contributed by atoms with Crippen LogP contribution in [0.4, 0.5) is 0 Å². The number of rotatable bonds is 5. The van der Waals surface area contributed by atoms with Crippen LogP contribution in [0.25, 0.3) is 0 Å². The third-order valence-electron chi connectivity index (χ3n) is 1.58. The normalized spacial score (nSPS) is 10.7. The largest absolute Gasteiger partial charge is 1.00 e. The summed E-state index contributed by atoms with van der Waals surface area (Å²) in [5, 5.41) is 10.2. The third-order valence-corrected chi connectivity index (χ3v) is 1.58. The topological polar surface area (TPSA) is 40.1 Å². The molecular formula is C9H15KO2. The Kier molecular flexibility index (Phi) is 12.7. The van der Waals surface area contributed by atoms with Crippen LogP contribution in [0.5, 0.6) is 0 Å². The Balaban J connectivity index is 0. The minimum Gasteiger partial charge on any atom is -0.545 e. The fraction of sp³-hybridized carbons (Fsp3) is 0.667. The summed E-state index contributed by atoms with van der Waals surface area (Å²) in [6.45, 7) is 3.69. The van der Waals surface area contributed by atoms with E-state index in [0.29, 0.717) is 5.57 Å². The van der Waals surface area contributed by atoms with E-state index in [1.54, 1.807) is 13.0 Å². The van der Waals surface area contributed by atoms with Crippen molar-refractivity contribution < 1.29 is 61.3 Å². The standard InChI is InChI=1S/C9H16O2.K/c1-3-4-5-6-7-8(2)9(10)11;/h7H,3-6H2,1-2H3,(H,10,11);/q;+1/p-1.